The van der Waals surface area contributed by atoms with Gasteiger partial charge in [0, 0.05) is 19.2 Å². The van der Waals surface area contributed by atoms with Crippen LogP contribution in [0, 0.1) is 21.4 Å². The van der Waals surface area contributed by atoms with Crippen molar-refractivity contribution in [2.45, 2.75) is 25.4 Å². The van der Waals surface area contributed by atoms with Crippen molar-refractivity contribution in [2.75, 3.05) is 11.9 Å². The number of anilines is 1. The molecule has 1 heterocycles. The van der Waals surface area contributed by atoms with Crippen molar-refractivity contribution in [3.8, 4) is 6.07 Å². The first-order valence-electron chi connectivity index (χ1n) is 5.69. The molecule has 0 radical (unpaired) electrons. The molecule has 0 saturated carbocycles. The van der Waals surface area contributed by atoms with E-state index < -0.39 is 23.2 Å². The van der Waals surface area contributed by atoms with E-state index in [-0.39, 0.29) is 30.8 Å². The Bertz CT molecular complexity index is 525. The Balaban J connectivity index is 2.61. The number of rotatable bonds is 6. The maximum atomic E-state index is 11.9. The number of hydrogen-bond donors (Lipinski definition) is 1. The van der Waals surface area contributed by atoms with Gasteiger partial charge in [-0.15, -0.1) is 0 Å². The number of nitro groups is 1. The Morgan fingerprint density at radius 3 is 2.70 bits per heavy atom. The van der Waals surface area contributed by atoms with Crippen LogP contribution in [0.15, 0.2) is 12.3 Å². The van der Waals surface area contributed by atoms with E-state index in [4.69, 9.17) is 5.26 Å². The average molecular weight is 288 g/mol. The lowest BCUT2D eigenvalue weighted by atomic mass is 10.2. The molecule has 0 aliphatic heterocycles. The molecule has 0 unspecified atom stereocenters. The van der Waals surface area contributed by atoms with Crippen LogP contribution in [0.25, 0.3) is 0 Å². The molecule has 9 heteroatoms. The van der Waals surface area contributed by atoms with Gasteiger partial charge in [-0.25, -0.2) is 4.98 Å². The summed E-state index contributed by atoms with van der Waals surface area (Å²) in [6, 6.07) is 2.87. The third kappa shape index (κ3) is 4.72. The monoisotopic (exact) mass is 288 g/mol. The van der Waals surface area contributed by atoms with E-state index in [9.17, 15) is 23.3 Å². The number of pyridine rings is 1. The van der Waals surface area contributed by atoms with E-state index in [1.54, 1.807) is 6.07 Å². The second-order valence-electron chi connectivity index (χ2n) is 3.92. The fourth-order valence-corrected chi connectivity index (χ4v) is 1.52. The third-order valence-electron chi connectivity index (χ3n) is 2.41. The summed E-state index contributed by atoms with van der Waals surface area (Å²) in [4.78, 5) is 13.8. The quantitative estimate of drug-likeness (QED) is 0.493. The molecular formula is C11H11F3N4O2. The van der Waals surface area contributed by atoms with Gasteiger partial charge in [0.05, 0.1) is 4.92 Å². The normalized spacial score (nSPS) is 10.9. The minimum atomic E-state index is -4.20. The predicted molar refractivity (Wildman–Crippen MR) is 64.0 cm³/mol. The lowest BCUT2D eigenvalue weighted by molar-refractivity contribution is -0.384. The highest BCUT2D eigenvalue weighted by Gasteiger charge is 2.26. The van der Waals surface area contributed by atoms with Gasteiger partial charge in [0.15, 0.2) is 0 Å². The molecule has 0 fully saturated rings. The van der Waals surface area contributed by atoms with Crippen LogP contribution in [0.2, 0.25) is 0 Å². The number of hydrogen-bond acceptors (Lipinski definition) is 5. The zero-order valence-corrected chi connectivity index (χ0v) is 10.3. The maximum absolute atomic E-state index is 11.9. The second kappa shape index (κ2) is 6.70. The zero-order chi connectivity index (χ0) is 15.2. The molecule has 0 saturated heterocycles. The van der Waals surface area contributed by atoms with Crippen LogP contribution in [0.4, 0.5) is 24.7 Å². The van der Waals surface area contributed by atoms with Gasteiger partial charge in [-0.1, -0.05) is 0 Å². The number of alkyl halides is 3. The smallest absolute Gasteiger partial charge is 0.364 e. The highest BCUT2D eigenvalue weighted by Crippen LogP contribution is 2.26. The Kier molecular flexibility index (Phi) is 5.25. The summed E-state index contributed by atoms with van der Waals surface area (Å²) in [6.07, 6.45) is -3.77. The predicted octanol–water partition coefficient (Wildman–Crippen LogP) is 3.01. The van der Waals surface area contributed by atoms with Crippen molar-refractivity contribution in [1.82, 2.24) is 4.98 Å². The highest BCUT2D eigenvalue weighted by molar-refractivity contribution is 5.63. The summed E-state index contributed by atoms with van der Waals surface area (Å²) >= 11 is 0. The van der Waals surface area contributed by atoms with Crippen LogP contribution in [0.3, 0.4) is 0 Å². The van der Waals surface area contributed by atoms with Crippen LogP contribution in [-0.2, 0) is 0 Å². The van der Waals surface area contributed by atoms with Crippen molar-refractivity contribution < 1.29 is 18.1 Å². The summed E-state index contributed by atoms with van der Waals surface area (Å²) < 4.78 is 35.7. The van der Waals surface area contributed by atoms with Gasteiger partial charge in [0.2, 0.25) is 5.82 Å². The minimum Gasteiger partial charge on any atom is -0.364 e. The molecule has 0 atom stereocenters. The third-order valence-corrected chi connectivity index (χ3v) is 2.41. The van der Waals surface area contributed by atoms with Crippen LogP contribution >= 0.6 is 0 Å². The Morgan fingerprint density at radius 2 is 2.15 bits per heavy atom. The van der Waals surface area contributed by atoms with Gasteiger partial charge in [0.25, 0.3) is 0 Å². The van der Waals surface area contributed by atoms with Gasteiger partial charge in [-0.05, 0) is 18.9 Å². The summed E-state index contributed by atoms with van der Waals surface area (Å²) in [5, 5.41) is 22.2. The standard InChI is InChI=1S/C11H11F3N4O2/c12-11(13,14)4-1-2-5-16-10-9(18(19)20)8(7-15)3-6-17-10/h3,6H,1-2,4-5H2,(H,16,17). The largest absolute Gasteiger partial charge is 0.389 e. The minimum absolute atomic E-state index is 0.0811. The Morgan fingerprint density at radius 1 is 1.45 bits per heavy atom. The first-order chi connectivity index (χ1) is 9.35. The fraction of sp³-hybridized carbons (Fsp3) is 0.455. The molecule has 1 aromatic rings. The molecule has 0 bridgehead atoms. The number of nitrogens with zero attached hydrogens (tertiary/aromatic N) is 3. The van der Waals surface area contributed by atoms with Crippen LogP contribution in [-0.4, -0.2) is 22.6 Å². The van der Waals surface area contributed by atoms with E-state index in [0.29, 0.717) is 0 Å². The number of unbranched alkanes of at least 4 members (excludes halogenated alkanes) is 1. The second-order valence-corrected chi connectivity index (χ2v) is 3.92. The van der Waals surface area contributed by atoms with E-state index in [1.165, 1.54) is 12.3 Å². The van der Waals surface area contributed by atoms with Crippen molar-refractivity contribution in [2.24, 2.45) is 0 Å². The summed E-state index contributed by atoms with van der Waals surface area (Å²) in [5.41, 5.74) is -0.617. The van der Waals surface area contributed by atoms with Crippen molar-refractivity contribution in [3.63, 3.8) is 0 Å². The molecule has 0 aliphatic rings. The molecule has 1 rings (SSSR count). The highest BCUT2D eigenvalue weighted by atomic mass is 19.4. The van der Waals surface area contributed by atoms with Gasteiger partial charge in [-0.3, -0.25) is 10.1 Å². The average Bonchev–Trinajstić information content (AvgIpc) is 2.36. The van der Waals surface area contributed by atoms with Crippen molar-refractivity contribution >= 4 is 11.5 Å². The molecule has 20 heavy (non-hydrogen) atoms. The molecule has 1 N–H and O–H groups in total. The topological polar surface area (TPSA) is 91.8 Å². The van der Waals surface area contributed by atoms with Crippen molar-refractivity contribution in [1.29, 1.82) is 5.26 Å². The first kappa shape index (κ1) is 15.7. The summed E-state index contributed by atoms with van der Waals surface area (Å²) in [5.74, 6) is -0.110. The Labute approximate surface area is 112 Å². The van der Waals surface area contributed by atoms with Crippen molar-refractivity contribution in [3.05, 3.63) is 27.9 Å². The number of halogens is 3. The van der Waals surface area contributed by atoms with E-state index in [1.807, 2.05) is 0 Å². The lowest BCUT2D eigenvalue weighted by Crippen LogP contribution is -2.10. The van der Waals surface area contributed by atoms with Gasteiger partial charge >= 0.3 is 11.9 Å². The van der Waals surface area contributed by atoms with Gasteiger partial charge in [0.1, 0.15) is 11.6 Å². The maximum Gasteiger partial charge on any atom is 0.389 e. The SMILES string of the molecule is N#Cc1ccnc(NCCCCC(F)(F)F)c1[N+](=O)[O-]. The summed E-state index contributed by atoms with van der Waals surface area (Å²) in [7, 11) is 0. The molecule has 108 valence electrons. The molecular weight excluding hydrogens is 277 g/mol. The molecule has 0 aliphatic carbocycles. The molecule has 0 amide bonds. The number of nitrogens with one attached hydrogen (secondary N) is 1. The van der Waals surface area contributed by atoms with Crippen LogP contribution in [0.5, 0.6) is 0 Å². The van der Waals surface area contributed by atoms with Gasteiger partial charge in [-0.2, -0.15) is 18.4 Å². The Hall–Kier alpha value is -2.37. The van der Waals surface area contributed by atoms with Crippen LogP contribution < -0.4 is 5.32 Å². The van der Waals surface area contributed by atoms with Crippen LogP contribution in [0.1, 0.15) is 24.8 Å². The number of aromatic nitrogens is 1. The number of nitriles is 1. The first-order valence-corrected chi connectivity index (χ1v) is 5.69. The molecule has 1 aromatic heterocycles. The fourth-order valence-electron chi connectivity index (χ4n) is 1.52. The van der Waals surface area contributed by atoms with E-state index >= 15 is 0 Å². The molecule has 0 spiro atoms. The molecule has 6 nitrogen and oxygen atoms in total. The lowest BCUT2D eigenvalue weighted by Gasteiger charge is -2.08. The molecule has 0 aromatic carbocycles. The zero-order valence-electron chi connectivity index (χ0n) is 10.3. The summed E-state index contributed by atoms with van der Waals surface area (Å²) in [6.45, 7) is 0.110. The van der Waals surface area contributed by atoms with E-state index in [0.717, 1.165) is 0 Å². The van der Waals surface area contributed by atoms with E-state index in [2.05, 4.69) is 10.3 Å². The van der Waals surface area contributed by atoms with Gasteiger partial charge < -0.3 is 5.32 Å².